The monoisotopic (exact) mass is 468 g/mol. The van der Waals surface area contributed by atoms with Crippen LogP contribution in [-0.2, 0) is 20.0 Å². The van der Waals surface area contributed by atoms with Gasteiger partial charge in [0.25, 0.3) is 5.91 Å². The quantitative estimate of drug-likeness (QED) is 0.592. The van der Waals surface area contributed by atoms with Crippen LogP contribution in [0.2, 0.25) is 0 Å². The molecule has 0 unspecified atom stereocenters. The molecule has 1 aromatic heterocycles. The van der Waals surface area contributed by atoms with Crippen LogP contribution in [0.4, 0.5) is 5.13 Å². The van der Waals surface area contributed by atoms with Crippen LogP contribution >= 0.6 is 11.3 Å². The van der Waals surface area contributed by atoms with E-state index in [-0.39, 0.29) is 15.4 Å². The minimum atomic E-state index is -3.58. The highest BCUT2D eigenvalue weighted by atomic mass is 32.2. The van der Waals surface area contributed by atoms with Gasteiger partial charge in [0.05, 0.1) is 20.0 Å². The summed E-state index contributed by atoms with van der Waals surface area (Å²) in [7, 11) is -1.39. The van der Waals surface area contributed by atoms with Crippen LogP contribution in [0.5, 0.6) is 0 Å². The highest BCUT2D eigenvalue weighted by Crippen LogP contribution is 2.29. The molecule has 1 heterocycles. The molecule has 0 aliphatic heterocycles. The second-order valence-electron chi connectivity index (χ2n) is 6.70. The molecule has 3 aromatic rings. The Kier molecular flexibility index (Phi) is 5.98. The third-order valence-corrected chi connectivity index (χ3v) is 8.83. The summed E-state index contributed by atoms with van der Waals surface area (Å²) in [6.45, 7) is 0. The van der Waals surface area contributed by atoms with Gasteiger partial charge >= 0.3 is 0 Å². The molecular weight excluding hydrogens is 448 g/mol. The van der Waals surface area contributed by atoms with Gasteiger partial charge in [-0.3, -0.25) is 10.1 Å². The highest BCUT2D eigenvalue weighted by molar-refractivity contribution is 7.89. The molecule has 0 aliphatic rings. The fourth-order valence-electron chi connectivity index (χ4n) is 2.49. The molecule has 30 heavy (non-hydrogen) atoms. The Morgan fingerprint density at radius 3 is 1.97 bits per heavy atom. The highest BCUT2D eigenvalue weighted by Gasteiger charge is 2.20. The zero-order valence-corrected chi connectivity index (χ0v) is 19.1. The average Bonchev–Trinajstić information content (AvgIpc) is 3.09. The topological polar surface area (TPSA) is 117 Å². The molecule has 0 fully saturated rings. The van der Waals surface area contributed by atoms with Gasteiger partial charge in [-0.1, -0.05) is 11.3 Å². The zero-order valence-electron chi connectivity index (χ0n) is 16.6. The molecule has 0 aliphatic carbocycles. The molecule has 1 amide bonds. The van der Waals surface area contributed by atoms with E-state index in [2.05, 4.69) is 10.3 Å². The van der Waals surface area contributed by atoms with Crippen molar-refractivity contribution in [2.75, 3.05) is 33.5 Å². The summed E-state index contributed by atoms with van der Waals surface area (Å²) in [5.74, 6) is -0.455. The lowest BCUT2D eigenvalue weighted by atomic mass is 10.2. The minimum absolute atomic E-state index is 0.0821. The number of hydrogen-bond acceptors (Lipinski definition) is 7. The number of carbonyl (C=O) groups is 1. The minimum Gasteiger partial charge on any atom is -0.298 e. The third kappa shape index (κ3) is 4.23. The molecule has 12 heteroatoms. The number of amides is 1. The number of nitrogens with one attached hydrogen (secondary N) is 1. The van der Waals surface area contributed by atoms with Crippen molar-refractivity contribution in [3.63, 3.8) is 0 Å². The van der Waals surface area contributed by atoms with Crippen LogP contribution in [0.15, 0.2) is 52.3 Å². The maximum atomic E-state index is 12.5. The summed E-state index contributed by atoms with van der Waals surface area (Å²) in [4.78, 5) is 17.0. The summed E-state index contributed by atoms with van der Waals surface area (Å²) < 4.78 is 51.6. The number of aromatic nitrogens is 1. The number of fused-ring (bicyclic) bond motifs is 1. The number of nitrogens with zero attached hydrogens (tertiary/aromatic N) is 3. The van der Waals surface area contributed by atoms with Crippen molar-refractivity contribution in [3.8, 4) is 0 Å². The number of anilines is 1. The van der Waals surface area contributed by atoms with E-state index in [1.165, 1.54) is 64.6 Å². The number of rotatable bonds is 6. The molecule has 2 aromatic carbocycles. The van der Waals surface area contributed by atoms with Crippen molar-refractivity contribution < 1.29 is 21.6 Å². The van der Waals surface area contributed by atoms with E-state index in [1.54, 1.807) is 6.07 Å². The van der Waals surface area contributed by atoms with Crippen molar-refractivity contribution >= 4 is 52.6 Å². The molecule has 0 atom stereocenters. The predicted molar refractivity (Wildman–Crippen MR) is 116 cm³/mol. The Morgan fingerprint density at radius 1 is 0.867 bits per heavy atom. The number of hydrogen-bond donors (Lipinski definition) is 1. The normalized spacial score (nSPS) is 12.6. The Bertz CT molecular complexity index is 1310. The first-order chi connectivity index (χ1) is 13.9. The van der Waals surface area contributed by atoms with Crippen molar-refractivity contribution in [2.24, 2.45) is 0 Å². The maximum absolute atomic E-state index is 12.5. The van der Waals surface area contributed by atoms with Crippen LogP contribution < -0.4 is 5.32 Å². The van der Waals surface area contributed by atoms with Gasteiger partial charge in [0.1, 0.15) is 0 Å². The Balaban J connectivity index is 1.83. The molecule has 0 bridgehead atoms. The van der Waals surface area contributed by atoms with Crippen LogP contribution in [0.3, 0.4) is 0 Å². The first-order valence-electron chi connectivity index (χ1n) is 8.60. The van der Waals surface area contributed by atoms with Crippen LogP contribution in [0.1, 0.15) is 10.4 Å². The van der Waals surface area contributed by atoms with Crippen molar-refractivity contribution in [1.29, 1.82) is 0 Å². The zero-order chi connectivity index (χ0) is 22.3. The largest absolute Gasteiger partial charge is 0.298 e. The lowest BCUT2D eigenvalue weighted by Gasteiger charge is -2.11. The molecule has 0 spiro atoms. The standard InChI is InChI=1S/C18H20N4O5S3/c1-21(2)29(24,25)13-7-5-12(6-8-13)17(23)20-18-19-15-10-9-14(11-16(15)28-18)30(26,27)22(3)4/h5-11H,1-4H3,(H,19,20,23). The molecule has 0 radical (unpaired) electrons. The Labute approximate surface area is 179 Å². The van der Waals surface area contributed by atoms with Crippen molar-refractivity contribution in [1.82, 2.24) is 13.6 Å². The van der Waals surface area contributed by atoms with E-state index in [1.807, 2.05) is 0 Å². The number of thiazole rings is 1. The summed E-state index contributed by atoms with van der Waals surface area (Å²) in [5, 5.41) is 2.96. The van der Waals surface area contributed by atoms with Gasteiger partial charge in [0, 0.05) is 33.8 Å². The number of sulfonamides is 2. The smallest absolute Gasteiger partial charge is 0.257 e. The number of benzene rings is 2. The van der Waals surface area contributed by atoms with Gasteiger partial charge < -0.3 is 0 Å². The molecule has 3 rings (SSSR count). The van der Waals surface area contributed by atoms with Crippen molar-refractivity contribution in [2.45, 2.75) is 9.79 Å². The SMILES string of the molecule is CN(C)S(=O)(=O)c1ccc(C(=O)Nc2nc3ccc(S(=O)(=O)N(C)C)cc3s2)cc1. The van der Waals surface area contributed by atoms with E-state index < -0.39 is 26.0 Å². The van der Waals surface area contributed by atoms with Gasteiger partial charge in [0.15, 0.2) is 5.13 Å². The van der Waals surface area contributed by atoms with E-state index in [9.17, 15) is 21.6 Å². The van der Waals surface area contributed by atoms with Crippen molar-refractivity contribution in [3.05, 3.63) is 48.0 Å². The van der Waals surface area contributed by atoms with E-state index in [0.717, 1.165) is 19.9 Å². The van der Waals surface area contributed by atoms with E-state index in [0.29, 0.717) is 15.3 Å². The molecule has 160 valence electrons. The van der Waals surface area contributed by atoms with Crippen LogP contribution in [-0.4, -0.2) is 64.5 Å². The lowest BCUT2D eigenvalue weighted by Crippen LogP contribution is -2.22. The van der Waals surface area contributed by atoms with Gasteiger partial charge in [-0.2, -0.15) is 0 Å². The van der Waals surface area contributed by atoms with Gasteiger partial charge in [-0.05, 0) is 42.5 Å². The van der Waals surface area contributed by atoms with Crippen LogP contribution in [0, 0.1) is 0 Å². The summed E-state index contributed by atoms with van der Waals surface area (Å²) in [6, 6.07) is 10.1. The van der Waals surface area contributed by atoms with Crippen LogP contribution in [0.25, 0.3) is 10.2 Å². The molecule has 1 N–H and O–H groups in total. The summed E-state index contributed by atoms with van der Waals surface area (Å²) in [6.07, 6.45) is 0. The fourth-order valence-corrected chi connectivity index (χ4v) is 5.29. The first-order valence-corrected chi connectivity index (χ1v) is 12.3. The molecule has 9 nitrogen and oxygen atoms in total. The first kappa shape index (κ1) is 22.3. The third-order valence-electron chi connectivity index (χ3n) is 4.25. The van der Waals surface area contributed by atoms with Gasteiger partial charge in [-0.25, -0.2) is 30.4 Å². The molecular formula is C18H20N4O5S3. The second kappa shape index (κ2) is 8.04. The average molecular weight is 469 g/mol. The van der Waals surface area contributed by atoms with Gasteiger partial charge in [0.2, 0.25) is 20.0 Å². The Hall–Kier alpha value is -2.38. The predicted octanol–water partition coefficient (Wildman–Crippen LogP) is 2.05. The lowest BCUT2D eigenvalue weighted by molar-refractivity contribution is 0.102. The van der Waals surface area contributed by atoms with E-state index in [4.69, 9.17) is 0 Å². The second-order valence-corrected chi connectivity index (χ2v) is 12.0. The maximum Gasteiger partial charge on any atom is 0.257 e. The molecule has 0 saturated heterocycles. The fraction of sp³-hybridized carbons (Fsp3) is 0.222. The summed E-state index contributed by atoms with van der Waals surface area (Å²) >= 11 is 1.15. The van der Waals surface area contributed by atoms with E-state index >= 15 is 0 Å². The van der Waals surface area contributed by atoms with Gasteiger partial charge in [-0.15, -0.1) is 0 Å². The number of carbonyl (C=O) groups excluding carboxylic acids is 1. The molecule has 0 saturated carbocycles. The summed E-state index contributed by atoms with van der Waals surface area (Å²) in [5.41, 5.74) is 0.822. The Morgan fingerprint density at radius 2 is 1.40 bits per heavy atom.